The fraction of sp³-hybridized carbons (Fsp3) is 0.300. The minimum absolute atomic E-state index is 0.374. The van der Waals surface area contributed by atoms with Gasteiger partial charge in [0.25, 0.3) is 0 Å². The Balaban J connectivity index is 2.16. The molecule has 0 aromatic heterocycles. The third-order valence-corrected chi connectivity index (χ3v) is 2.23. The van der Waals surface area contributed by atoms with Crippen LogP contribution in [0.25, 0.3) is 0 Å². The van der Waals surface area contributed by atoms with Crippen LogP contribution in [0.5, 0.6) is 0 Å². The Hall–Kier alpha value is -1.31. The van der Waals surface area contributed by atoms with Crippen molar-refractivity contribution in [3.05, 3.63) is 35.9 Å². The molecule has 12 heavy (non-hydrogen) atoms. The van der Waals surface area contributed by atoms with E-state index >= 15 is 0 Å². The molecule has 1 heterocycles. The van der Waals surface area contributed by atoms with Gasteiger partial charge in [0.1, 0.15) is 0 Å². The smallest absolute Gasteiger partial charge is 0.0937 e. The van der Waals surface area contributed by atoms with Crippen molar-refractivity contribution in [2.24, 2.45) is 0 Å². The van der Waals surface area contributed by atoms with Crippen LogP contribution in [-0.2, 0) is 0 Å². The Morgan fingerprint density at radius 1 is 1.25 bits per heavy atom. The first-order valence-corrected chi connectivity index (χ1v) is 4.25. The molecule has 2 rings (SSSR count). The Labute approximate surface area is 72.1 Å². The van der Waals surface area contributed by atoms with Gasteiger partial charge in [0, 0.05) is 6.42 Å². The molecule has 1 atom stereocenters. The van der Waals surface area contributed by atoms with E-state index in [9.17, 15) is 0 Å². The molecule has 1 aromatic carbocycles. The maximum Gasteiger partial charge on any atom is 0.0937 e. The molecule has 0 amide bonds. The maximum atomic E-state index is 7.42. The lowest BCUT2D eigenvalue weighted by molar-refractivity contribution is 0.674. The molecular formula is C10H12N2. The summed E-state index contributed by atoms with van der Waals surface area (Å²) >= 11 is 0. The van der Waals surface area contributed by atoms with Crippen LogP contribution in [0.2, 0.25) is 0 Å². The van der Waals surface area contributed by atoms with Crippen molar-refractivity contribution in [2.45, 2.75) is 18.9 Å². The van der Waals surface area contributed by atoms with E-state index in [-0.39, 0.29) is 0 Å². The topological polar surface area (TPSA) is 35.9 Å². The second-order valence-corrected chi connectivity index (χ2v) is 3.12. The Morgan fingerprint density at radius 3 is 2.58 bits per heavy atom. The molecule has 1 aromatic rings. The number of rotatable bonds is 1. The molecule has 0 spiro atoms. The van der Waals surface area contributed by atoms with E-state index in [1.54, 1.807) is 0 Å². The molecule has 1 fully saturated rings. The predicted octanol–water partition coefficient (Wildman–Crippen LogP) is 2.09. The number of benzene rings is 1. The molecule has 1 aliphatic rings. The van der Waals surface area contributed by atoms with Crippen LogP contribution in [0.15, 0.2) is 30.3 Å². The Bertz CT molecular complexity index is 279. The van der Waals surface area contributed by atoms with E-state index in [0.717, 1.165) is 12.8 Å². The van der Waals surface area contributed by atoms with Gasteiger partial charge >= 0.3 is 0 Å². The molecule has 0 aliphatic carbocycles. The van der Waals surface area contributed by atoms with E-state index in [4.69, 9.17) is 5.41 Å². The van der Waals surface area contributed by atoms with Gasteiger partial charge in [-0.15, -0.1) is 0 Å². The van der Waals surface area contributed by atoms with Crippen molar-refractivity contribution in [3.63, 3.8) is 0 Å². The van der Waals surface area contributed by atoms with E-state index in [2.05, 4.69) is 17.4 Å². The summed E-state index contributed by atoms with van der Waals surface area (Å²) in [7, 11) is 0. The molecular weight excluding hydrogens is 148 g/mol. The summed E-state index contributed by atoms with van der Waals surface area (Å²) in [6, 6.07) is 10.7. The van der Waals surface area contributed by atoms with Crippen LogP contribution in [0.1, 0.15) is 24.4 Å². The number of nitrogens with one attached hydrogen (secondary N) is 2. The minimum Gasteiger partial charge on any atom is -0.367 e. The fourth-order valence-corrected chi connectivity index (χ4v) is 1.58. The van der Waals surface area contributed by atoms with Gasteiger partial charge in [-0.1, -0.05) is 30.3 Å². The van der Waals surface area contributed by atoms with Gasteiger partial charge < -0.3 is 5.32 Å². The quantitative estimate of drug-likeness (QED) is 0.648. The van der Waals surface area contributed by atoms with Gasteiger partial charge in [-0.2, -0.15) is 0 Å². The molecule has 0 radical (unpaired) electrons. The first-order valence-electron chi connectivity index (χ1n) is 4.25. The molecule has 2 heteroatoms. The van der Waals surface area contributed by atoms with Gasteiger partial charge in [-0.05, 0) is 12.0 Å². The van der Waals surface area contributed by atoms with Crippen molar-refractivity contribution in [2.75, 3.05) is 0 Å². The highest BCUT2D eigenvalue weighted by Gasteiger charge is 2.18. The van der Waals surface area contributed by atoms with Crippen molar-refractivity contribution in [1.82, 2.24) is 5.32 Å². The monoisotopic (exact) mass is 160 g/mol. The maximum absolute atomic E-state index is 7.42. The summed E-state index contributed by atoms with van der Waals surface area (Å²) in [5, 5.41) is 10.6. The highest BCUT2D eigenvalue weighted by atomic mass is 15.0. The molecule has 0 saturated carbocycles. The van der Waals surface area contributed by atoms with Crippen molar-refractivity contribution >= 4 is 5.84 Å². The third kappa shape index (κ3) is 1.33. The summed E-state index contributed by atoms with van der Waals surface area (Å²) in [6.07, 6.45) is 1.95. The zero-order chi connectivity index (χ0) is 8.39. The van der Waals surface area contributed by atoms with Gasteiger partial charge in [0.2, 0.25) is 0 Å². The van der Waals surface area contributed by atoms with E-state index < -0.39 is 0 Å². The van der Waals surface area contributed by atoms with Gasteiger partial charge in [-0.25, -0.2) is 0 Å². The lowest BCUT2D eigenvalue weighted by atomic mass is 10.1. The average Bonchev–Trinajstić information content (AvgIpc) is 2.54. The van der Waals surface area contributed by atoms with E-state index in [0.29, 0.717) is 11.9 Å². The zero-order valence-electron chi connectivity index (χ0n) is 6.88. The van der Waals surface area contributed by atoms with E-state index in [1.165, 1.54) is 5.56 Å². The van der Waals surface area contributed by atoms with Crippen LogP contribution < -0.4 is 5.32 Å². The van der Waals surface area contributed by atoms with Crippen molar-refractivity contribution < 1.29 is 0 Å². The summed E-state index contributed by atoms with van der Waals surface area (Å²) in [5.74, 6) is 0.670. The predicted molar refractivity (Wildman–Crippen MR) is 49.3 cm³/mol. The van der Waals surface area contributed by atoms with Crippen LogP contribution in [-0.4, -0.2) is 5.84 Å². The summed E-state index contributed by atoms with van der Waals surface area (Å²) in [5.41, 5.74) is 1.29. The summed E-state index contributed by atoms with van der Waals surface area (Å²) in [4.78, 5) is 0. The molecule has 1 saturated heterocycles. The number of hydrogen-bond acceptors (Lipinski definition) is 1. The van der Waals surface area contributed by atoms with E-state index in [1.807, 2.05) is 18.2 Å². The molecule has 0 bridgehead atoms. The molecule has 2 N–H and O–H groups in total. The first kappa shape index (κ1) is 7.35. The van der Waals surface area contributed by atoms with Crippen LogP contribution in [0.4, 0.5) is 0 Å². The molecule has 62 valence electrons. The Morgan fingerprint density at radius 2 is 2.00 bits per heavy atom. The normalized spacial score (nSPS) is 22.3. The summed E-state index contributed by atoms with van der Waals surface area (Å²) in [6.45, 7) is 0. The highest BCUT2D eigenvalue weighted by Crippen LogP contribution is 2.22. The Kier molecular flexibility index (Phi) is 1.82. The van der Waals surface area contributed by atoms with Crippen LogP contribution in [0, 0.1) is 5.41 Å². The van der Waals surface area contributed by atoms with Gasteiger partial charge in [0.15, 0.2) is 0 Å². The third-order valence-electron chi connectivity index (χ3n) is 2.23. The SMILES string of the molecule is N=C1CCC(c2ccccc2)N1. The average molecular weight is 160 g/mol. The lowest BCUT2D eigenvalue weighted by Gasteiger charge is -2.09. The molecule has 1 unspecified atom stereocenters. The zero-order valence-corrected chi connectivity index (χ0v) is 6.88. The highest BCUT2D eigenvalue weighted by molar-refractivity contribution is 5.81. The van der Waals surface area contributed by atoms with Crippen molar-refractivity contribution in [1.29, 1.82) is 5.41 Å². The second kappa shape index (κ2) is 2.97. The van der Waals surface area contributed by atoms with Crippen molar-refractivity contribution in [3.8, 4) is 0 Å². The van der Waals surface area contributed by atoms with Crippen LogP contribution >= 0.6 is 0 Å². The summed E-state index contributed by atoms with van der Waals surface area (Å²) < 4.78 is 0. The first-order chi connectivity index (χ1) is 5.86. The lowest BCUT2D eigenvalue weighted by Crippen LogP contribution is -2.17. The van der Waals surface area contributed by atoms with Crippen LogP contribution in [0.3, 0.4) is 0 Å². The standard InChI is InChI=1S/C10H12N2/c11-10-7-6-9(12-10)8-4-2-1-3-5-8/h1-5,9H,6-7H2,(H2,11,12). The minimum atomic E-state index is 0.374. The number of amidine groups is 1. The second-order valence-electron chi connectivity index (χ2n) is 3.12. The van der Waals surface area contributed by atoms with Gasteiger partial charge in [0.05, 0.1) is 11.9 Å². The van der Waals surface area contributed by atoms with Gasteiger partial charge in [-0.3, -0.25) is 5.41 Å². The molecule has 2 nitrogen and oxygen atoms in total. The molecule has 1 aliphatic heterocycles. The number of hydrogen-bond donors (Lipinski definition) is 2. The fourth-order valence-electron chi connectivity index (χ4n) is 1.58. The largest absolute Gasteiger partial charge is 0.367 e.